The molecule has 1 N–H and O–H groups in total. The highest BCUT2D eigenvalue weighted by Crippen LogP contribution is 2.36. The van der Waals surface area contributed by atoms with Gasteiger partial charge in [-0.1, -0.05) is 42.5 Å². The maximum absolute atomic E-state index is 13.0. The molecule has 1 fully saturated rings. The molecule has 0 radical (unpaired) electrons. The molecule has 1 aliphatic heterocycles. The summed E-state index contributed by atoms with van der Waals surface area (Å²) >= 11 is 1.63. The van der Waals surface area contributed by atoms with Crippen LogP contribution < -0.4 is 5.32 Å². The van der Waals surface area contributed by atoms with Gasteiger partial charge in [-0.05, 0) is 37.5 Å². The van der Waals surface area contributed by atoms with E-state index >= 15 is 0 Å². The third-order valence-electron chi connectivity index (χ3n) is 5.05. The van der Waals surface area contributed by atoms with Crippen LogP contribution in [0.5, 0.6) is 0 Å². The van der Waals surface area contributed by atoms with Gasteiger partial charge in [0.1, 0.15) is 17.7 Å². The second-order valence-corrected chi connectivity index (χ2v) is 8.20. The Morgan fingerprint density at radius 2 is 1.97 bits per heavy atom. The number of aromatic nitrogens is 1. The number of likely N-dealkylation sites (tertiary alicyclic amines) is 1. The molecular formula is C22H23N3O3S. The number of hydrogen-bond donors (Lipinski definition) is 1. The van der Waals surface area contributed by atoms with Crippen LogP contribution in [0.4, 0.5) is 4.79 Å². The predicted octanol–water partition coefficient (Wildman–Crippen LogP) is 4.27. The Labute approximate surface area is 173 Å². The van der Waals surface area contributed by atoms with Crippen LogP contribution in [-0.2, 0) is 16.1 Å². The first-order valence-electron chi connectivity index (χ1n) is 9.75. The molecule has 4 rings (SSSR count). The van der Waals surface area contributed by atoms with Crippen molar-refractivity contribution in [3.8, 4) is 0 Å². The first kappa shape index (κ1) is 19.4. The van der Waals surface area contributed by atoms with Crippen molar-refractivity contribution in [2.45, 2.75) is 38.5 Å². The van der Waals surface area contributed by atoms with E-state index in [-0.39, 0.29) is 18.6 Å². The number of para-hydroxylation sites is 1. The number of thiazole rings is 1. The zero-order valence-electron chi connectivity index (χ0n) is 16.2. The third kappa shape index (κ3) is 4.40. The Morgan fingerprint density at radius 1 is 1.21 bits per heavy atom. The molecule has 2 atom stereocenters. The zero-order valence-corrected chi connectivity index (χ0v) is 17.0. The van der Waals surface area contributed by atoms with Crippen molar-refractivity contribution in [1.29, 1.82) is 0 Å². The minimum atomic E-state index is -0.659. The second kappa shape index (κ2) is 8.61. The van der Waals surface area contributed by atoms with E-state index in [1.807, 2.05) is 59.5 Å². The second-order valence-electron chi connectivity index (χ2n) is 7.14. The zero-order chi connectivity index (χ0) is 20.2. The standard InChI is InChI=1S/C22H23N3O3S/c1-15(23-22(27)28-14-16-8-3-2-4-9-16)21(26)25-13-7-11-18(25)20-24-17-10-5-6-12-19(17)29-20/h2-6,8-10,12,15,18H,7,11,13-14H2,1H3,(H,23,27)/t15-,18+/m0/s1. The van der Waals surface area contributed by atoms with E-state index in [1.165, 1.54) is 0 Å². The van der Waals surface area contributed by atoms with Gasteiger partial charge in [-0.3, -0.25) is 4.79 Å². The van der Waals surface area contributed by atoms with Crippen LogP contribution in [0.3, 0.4) is 0 Å². The largest absolute Gasteiger partial charge is 0.445 e. The van der Waals surface area contributed by atoms with E-state index < -0.39 is 12.1 Å². The molecule has 3 aromatic rings. The average molecular weight is 410 g/mol. The van der Waals surface area contributed by atoms with Gasteiger partial charge in [-0.2, -0.15) is 0 Å². The van der Waals surface area contributed by atoms with Crippen LogP contribution in [-0.4, -0.2) is 34.5 Å². The molecule has 0 saturated carbocycles. The van der Waals surface area contributed by atoms with Crippen LogP contribution in [0.2, 0.25) is 0 Å². The van der Waals surface area contributed by atoms with Crippen molar-refractivity contribution in [2.75, 3.05) is 6.54 Å². The topological polar surface area (TPSA) is 71.5 Å². The maximum atomic E-state index is 13.0. The first-order chi connectivity index (χ1) is 14.1. The summed E-state index contributed by atoms with van der Waals surface area (Å²) in [4.78, 5) is 31.6. The van der Waals surface area contributed by atoms with Crippen molar-refractivity contribution in [1.82, 2.24) is 15.2 Å². The van der Waals surface area contributed by atoms with E-state index in [9.17, 15) is 9.59 Å². The fourth-order valence-electron chi connectivity index (χ4n) is 3.57. The first-order valence-corrected chi connectivity index (χ1v) is 10.6. The molecule has 1 aliphatic rings. The Kier molecular flexibility index (Phi) is 5.76. The van der Waals surface area contributed by atoms with Gasteiger partial charge in [0.25, 0.3) is 0 Å². The molecule has 7 heteroatoms. The summed E-state index contributed by atoms with van der Waals surface area (Å²) in [6.45, 7) is 2.54. The molecule has 2 heterocycles. The minimum absolute atomic E-state index is 0.0375. The van der Waals surface area contributed by atoms with Crippen LogP contribution in [0.1, 0.15) is 36.4 Å². The molecule has 29 heavy (non-hydrogen) atoms. The Morgan fingerprint density at radius 3 is 2.76 bits per heavy atom. The van der Waals surface area contributed by atoms with Crippen molar-refractivity contribution in [3.63, 3.8) is 0 Å². The summed E-state index contributed by atoms with van der Waals surface area (Å²) < 4.78 is 6.35. The number of hydrogen-bond acceptors (Lipinski definition) is 5. The van der Waals surface area contributed by atoms with Gasteiger partial charge < -0.3 is 15.0 Å². The van der Waals surface area contributed by atoms with Crippen molar-refractivity contribution in [2.24, 2.45) is 0 Å². The van der Waals surface area contributed by atoms with E-state index in [0.717, 1.165) is 33.6 Å². The van der Waals surface area contributed by atoms with Crippen LogP contribution in [0.15, 0.2) is 54.6 Å². The average Bonchev–Trinajstić information content (AvgIpc) is 3.39. The summed E-state index contributed by atoms with van der Waals surface area (Å²) in [5, 5.41) is 3.61. The number of nitrogens with one attached hydrogen (secondary N) is 1. The maximum Gasteiger partial charge on any atom is 0.408 e. The highest BCUT2D eigenvalue weighted by Gasteiger charge is 2.34. The normalized spacial score (nSPS) is 17.3. The molecule has 6 nitrogen and oxygen atoms in total. The number of amides is 2. The smallest absolute Gasteiger partial charge is 0.408 e. The lowest BCUT2D eigenvalue weighted by atomic mass is 10.2. The van der Waals surface area contributed by atoms with E-state index in [4.69, 9.17) is 9.72 Å². The monoisotopic (exact) mass is 409 g/mol. The number of nitrogens with zero attached hydrogens (tertiary/aromatic N) is 2. The van der Waals surface area contributed by atoms with Crippen LogP contribution in [0.25, 0.3) is 10.2 Å². The molecule has 0 spiro atoms. The van der Waals surface area contributed by atoms with Crippen LogP contribution >= 0.6 is 11.3 Å². The molecule has 1 saturated heterocycles. The number of fused-ring (bicyclic) bond motifs is 1. The Bertz CT molecular complexity index is 972. The van der Waals surface area contributed by atoms with E-state index in [2.05, 4.69) is 5.32 Å². The van der Waals surface area contributed by atoms with E-state index in [1.54, 1.807) is 18.3 Å². The van der Waals surface area contributed by atoms with E-state index in [0.29, 0.717) is 6.54 Å². The number of benzene rings is 2. The fraction of sp³-hybridized carbons (Fsp3) is 0.318. The SMILES string of the molecule is C[C@H](NC(=O)OCc1ccccc1)C(=O)N1CCC[C@@H]1c1nc2ccccc2s1. The third-order valence-corrected chi connectivity index (χ3v) is 6.19. The number of ether oxygens (including phenoxy) is 1. The minimum Gasteiger partial charge on any atom is -0.445 e. The summed E-state index contributed by atoms with van der Waals surface area (Å²) in [6, 6.07) is 16.7. The van der Waals surface area contributed by atoms with Crippen molar-refractivity contribution in [3.05, 3.63) is 65.2 Å². The molecule has 0 bridgehead atoms. The Hall–Kier alpha value is -2.93. The summed E-state index contributed by atoms with van der Waals surface area (Å²) in [5.74, 6) is -0.108. The highest BCUT2D eigenvalue weighted by atomic mass is 32.1. The lowest BCUT2D eigenvalue weighted by Crippen LogP contribution is -2.46. The van der Waals surface area contributed by atoms with Gasteiger partial charge >= 0.3 is 6.09 Å². The summed E-state index contributed by atoms with van der Waals surface area (Å²) in [6.07, 6.45) is 1.22. The molecule has 0 aliphatic carbocycles. The van der Waals surface area contributed by atoms with Gasteiger partial charge in [0, 0.05) is 6.54 Å². The number of carbonyl (C=O) groups excluding carboxylic acids is 2. The van der Waals surface area contributed by atoms with Crippen molar-refractivity contribution >= 4 is 33.6 Å². The lowest BCUT2D eigenvalue weighted by molar-refractivity contribution is -0.133. The Balaban J connectivity index is 1.37. The quantitative estimate of drug-likeness (QED) is 0.683. The predicted molar refractivity (Wildman–Crippen MR) is 113 cm³/mol. The molecule has 150 valence electrons. The van der Waals surface area contributed by atoms with Gasteiger partial charge in [0.2, 0.25) is 5.91 Å². The molecule has 1 aromatic heterocycles. The van der Waals surface area contributed by atoms with Gasteiger partial charge in [-0.15, -0.1) is 11.3 Å². The molecule has 2 aromatic carbocycles. The molecular weight excluding hydrogens is 386 g/mol. The number of rotatable bonds is 5. The van der Waals surface area contributed by atoms with Gasteiger partial charge in [0.15, 0.2) is 0 Å². The summed E-state index contributed by atoms with van der Waals surface area (Å²) in [7, 11) is 0. The fourth-order valence-corrected chi connectivity index (χ4v) is 4.69. The summed E-state index contributed by atoms with van der Waals surface area (Å²) in [5.41, 5.74) is 1.86. The highest BCUT2D eigenvalue weighted by molar-refractivity contribution is 7.18. The van der Waals surface area contributed by atoms with Gasteiger partial charge in [0.05, 0.1) is 16.3 Å². The number of alkyl carbamates (subject to hydrolysis) is 1. The molecule has 2 amide bonds. The van der Waals surface area contributed by atoms with Crippen molar-refractivity contribution < 1.29 is 14.3 Å². The number of carbonyl (C=O) groups is 2. The lowest BCUT2D eigenvalue weighted by Gasteiger charge is -2.26. The van der Waals surface area contributed by atoms with Gasteiger partial charge in [-0.25, -0.2) is 9.78 Å². The van der Waals surface area contributed by atoms with Crippen LogP contribution in [0, 0.1) is 0 Å². The molecule has 0 unspecified atom stereocenters.